The number of carbonyl (C=O) groups is 2. The van der Waals surface area contributed by atoms with Gasteiger partial charge in [-0.05, 0) is 80.8 Å². The van der Waals surface area contributed by atoms with Crippen molar-refractivity contribution in [3.8, 4) is 11.5 Å². The topological polar surface area (TPSA) is 52.6 Å². The minimum atomic E-state index is -0.628. The third kappa shape index (κ3) is 4.22. The Morgan fingerprint density at radius 1 is 0.375 bits per heavy atom. The number of hydrogen-bond donors (Lipinski definition) is 0. The van der Waals surface area contributed by atoms with Gasteiger partial charge in [-0.2, -0.15) is 0 Å². The van der Waals surface area contributed by atoms with Crippen LogP contribution < -0.4 is 9.47 Å². The Hall–Kier alpha value is -5.48. The maximum Gasteiger partial charge on any atom is 0.344 e. The normalized spacial score (nSPS) is 11.2. The van der Waals surface area contributed by atoms with Crippen LogP contribution in [0.15, 0.2) is 133 Å². The van der Waals surface area contributed by atoms with Crippen molar-refractivity contribution in [1.82, 2.24) is 0 Å². The Bertz CT molecular complexity index is 1960. The van der Waals surface area contributed by atoms with Gasteiger partial charge in [0, 0.05) is 10.8 Å². The van der Waals surface area contributed by atoms with E-state index in [9.17, 15) is 9.59 Å². The summed E-state index contributed by atoms with van der Waals surface area (Å²) in [7, 11) is 0. The number of ether oxygens (including phenoxy) is 2. The Labute approximate surface area is 230 Å². The van der Waals surface area contributed by atoms with E-state index in [0.29, 0.717) is 11.5 Å². The highest BCUT2D eigenvalue weighted by atomic mass is 16.5. The van der Waals surface area contributed by atoms with E-state index in [1.54, 1.807) is 36.4 Å². The third-order valence-electron chi connectivity index (χ3n) is 7.19. The Kier molecular flexibility index (Phi) is 5.72. The van der Waals surface area contributed by atoms with Gasteiger partial charge in [0.25, 0.3) is 0 Å². The molecule has 0 bridgehead atoms. The predicted molar refractivity (Wildman–Crippen MR) is 159 cm³/mol. The van der Waals surface area contributed by atoms with E-state index in [0.717, 1.165) is 43.1 Å². The Morgan fingerprint density at radius 2 is 0.725 bits per heavy atom. The van der Waals surface area contributed by atoms with Gasteiger partial charge in [-0.3, -0.25) is 0 Å². The van der Waals surface area contributed by atoms with Crippen molar-refractivity contribution in [1.29, 1.82) is 0 Å². The largest absolute Gasteiger partial charge is 0.422 e. The van der Waals surface area contributed by atoms with Gasteiger partial charge in [0.05, 0.1) is 11.1 Å². The smallest absolute Gasteiger partial charge is 0.344 e. The van der Waals surface area contributed by atoms with Crippen molar-refractivity contribution in [2.45, 2.75) is 0 Å². The molecule has 0 N–H and O–H groups in total. The molecule has 0 unspecified atom stereocenters. The fourth-order valence-electron chi connectivity index (χ4n) is 5.20. The summed E-state index contributed by atoms with van der Waals surface area (Å²) in [6.45, 7) is 0. The first-order valence-electron chi connectivity index (χ1n) is 13.0. The number of benzene rings is 7. The zero-order valence-electron chi connectivity index (χ0n) is 21.3. The Balaban J connectivity index is 1.22. The third-order valence-corrected chi connectivity index (χ3v) is 7.19. The van der Waals surface area contributed by atoms with Crippen LogP contribution in [0, 0.1) is 0 Å². The minimum Gasteiger partial charge on any atom is -0.422 e. The molecule has 7 rings (SSSR count). The second-order valence-corrected chi connectivity index (χ2v) is 9.68. The number of carbonyl (C=O) groups excluding carboxylic acids is 2. The van der Waals surface area contributed by atoms with Crippen molar-refractivity contribution >= 4 is 55.0 Å². The van der Waals surface area contributed by atoms with Crippen LogP contribution >= 0.6 is 0 Å². The van der Waals surface area contributed by atoms with E-state index in [1.165, 1.54) is 0 Å². The maximum atomic E-state index is 13.4. The predicted octanol–water partition coefficient (Wildman–Crippen LogP) is 8.74. The van der Waals surface area contributed by atoms with E-state index in [4.69, 9.17) is 9.47 Å². The van der Waals surface area contributed by atoms with Gasteiger partial charge in [0.2, 0.25) is 0 Å². The molecule has 0 aliphatic carbocycles. The SMILES string of the molecule is O=C(Oc1cccc2cc3ccccc3cc12)c1ccccc1C(=O)Oc1cccc2cc3ccccc3cc12. The van der Waals surface area contributed by atoms with E-state index in [-0.39, 0.29) is 11.1 Å². The van der Waals surface area contributed by atoms with Gasteiger partial charge in [0.15, 0.2) is 0 Å². The molecular weight excluding hydrogens is 496 g/mol. The first kappa shape index (κ1) is 23.6. The molecule has 0 aliphatic rings. The summed E-state index contributed by atoms with van der Waals surface area (Å²) >= 11 is 0. The summed E-state index contributed by atoms with van der Waals surface area (Å²) in [5, 5.41) is 7.85. The van der Waals surface area contributed by atoms with Crippen molar-refractivity contribution in [2.24, 2.45) is 0 Å². The highest BCUT2D eigenvalue weighted by Gasteiger charge is 2.21. The van der Waals surface area contributed by atoms with Crippen LogP contribution in [0.5, 0.6) is 11.5 Å². The van der Waals surface area contributed by atoms with Gasteiger partial charge in [-0.25, -0.2) is 9.59 Å². The molecule has 7 aromatic rings. The van der Waals surface area contributed by atoms with Crippen LogP contribution in [0.1, 0.15) is 20.7 Å². The molecular formula is C36H22O4. The van der Waals surface area contributed by atoms with Crippen LogP contribution in [0.2, 0.25) is 0 Å². The standard InChI is InChI=1S/C36H22O4/c37-35(39-33-17-7-13-27-19-23-9-1-3-11-25(23)21-31(27)33)29-15-5-6-16-30(29)36(38)40-34-18-8-14-28-20-24-10-2-4-12-26(24)22-32(28)34/h1-22H. The molecule has 7 aromatic carbocycles. The maximum absolute atomic E-state index is 13.4. The van der Waals surface area contributed by atoms with E-state index in [1.807, 2.05) is 84.9 Å². The molecule has 4 heteroatoms. The fraction of sp³-hybridized carbons (Fsp3) is 0. The van der Waals surface area contributed by atoms with E-state index >= 15 is 0 Å². The zero-order chi connectivity index (χ0) is 27.1. The number of fused-ring (bicyclic) bond motifs is 4. The average Bonchev–Trinajstić information content (AvgIpc) is 2.99. The second kappa shape index (κ2) is 9.68. The second-order valence-electron chi connectivity index (χ2n) is 9.68. The highest BCUT2D eigenvalue weighted by Crippen LogP contribution is 2.32. The molecule has 0 fully saturated rings. The average molecular weight is 519 g/mol. The van der Waals surface area contributed by atoms with Gasteiger partial charge in [0.1, 0.15) is 11.5 Å². The molecule has 0 radical (unpaired) electrons. The molecule has 0 aliphatic heterocycles. The molecule has 0 saturated heterocycles. The van der Waals surface area contributed by atoms with Crippen LogP contribution in [0.4, 0.5) is 0 Å². The zero-order valence-corrected chi connectivity index (χ0v) is 21.3. The van der Waals surface area contributed by atoms with Crippen molar-refractivity contribution in [2.75, 3.05) is 0 Å². The molecule has 40 heavy (non-hydrogen) atoms. The summed E-state index contributed by atoms with van der Waals surface area (Å²) in [6, 6.07) is 42.0. The molecule has 0 saturated carbocycles. The molecule has 0 aromatic heterocycles. The van der Waals surface area contributed by atoms with Crippen LogP contribution in [-0.2, 0) is 0 Å². The number of esters is 2. The van der Waals surface area contributed by atoms with Crippen LogP contribution in [0.25, 0.3) is 43.1 Å². The van der Waals surface area contributed by atoms with Crippen LogP contribution in [-0.4, -0.2) is 11.9 Å². The monoisotopic (exact) mass is 518 g/mol. The Morgan fingerprint density at radius 3 is 1.15 bits per heavy atom. The molecule has 0 amide bonds. The molecule has 190 valence electrons. The van der Waals surface area contributed by atoms with E-state index < -0.39 is 11.9 Å². The summed E-state index contributed by atoms with van der Waals surface area (Å²) in [5.74, 6) is -0.399. The lowest BCUT2D eigenvalue weighted by molar-refractivity contribution is 0.0694. The quantitative estimate of drug-likeness (QED) is 0.133. The number of rotatable bonds is 4. The fourth-order valence-corrected chi connectivity index (χ4v) is 5.20. The number of hydrogen-bond acceptors (Lipinski definition) is 4. The van der Waals surface area contributed by atoms with Crippen molar-refractivity contribution in [3.63, 3.8) is 0 Å². The van der Waals surface area contributed by atoms with Gasteiger partial charge < -0.3 is 9.47 Å². The van der Waals surface area contributed by atoms with Gasteiger partial charge >= 0.3 is 11.9 Å². The summed E-state index contributed by atoms with van der Waals surface area (Å²) in [4.78, 5) is 26.9. The van der Waals surface area contributed by atoms with Crippen molar-refractivity contribution in [3.05, 3.63) is 145 Å². The minimum absolute atomic E-state index is 0.135. The first-order valence-corrected chi connectivity index (χ1v) is 13.0. The van der Waals surface area contributed by atoms with Gasteiger partial charge in [-0.1, -0.05) is 84.9 Å². The lowest BCUT2D eigenvalue weighted by Crippen LogP contribution is -2.17. The summed E-state index contributed by atoms with van der Waals surface area (Å²) < 4.78 is 11.8. The molecule has 0 heterocycles. The molecule has 0 atom stereocenters. The molecule has 4 nitrogen and oxygen atoms in total. The van der Waals surface area contributed by atoms with E-state index in [2.05, 4.69) is 12.1 Å². The molecule has 0 spiro atoms. The highest BCUT2D eigenvalue weighted by molar-refractivity contribution is 6.08. The van der Waals surface area contributed by atoms with Crippen LogP contribution in [0.3, 0.4) is 0 Å². The first-order chi connectivity index (χ1) is 19.6. The van der Waals surface area contributed by atoms with Gasteiger partial charge in [-0.15, -0.1) is 0 Å². The lowest BCUT2D eigenvalue weighted by atomic mass is 10.0. The lowest BCUT2D eigenvalue weighted by Gasteiger charge is -2.13. The van der Waals surface area contributed by atoms with Crippen molar-refractivity contribution < 1.29 is 19.1 Å². The summed E-state index contributed by atoms with van der Waals surface area (Å²) in [5.41, 5.74) is 0.270. The summed E-state index contributed by atoms with van der Waals surface area (Å²) in [6.07, 6.45) is 0.